The standard InChI is InChI=1S/C32H35N5O3S2/c1-20-3-5-22(6-4-20)25-11-12-37(16-21-14-34-36(2)15-21)17-27(25)26-13-29(42-30(26)32(39)40)23-7-9-24(10-8-23)35-31(38)28-18-41-19-33-28/h7-10,13-15,18-20,22H,3-6,11-12,16-17H2,1-2H3,(H,35,38)(H,39,40). The van der Waals surface area contributed by atoms with E-state index in [1.165, 1.54) is 65.1 Å². The molecule has 1 aliphatic heterocycles. The zero-order valence-electron chi connectivity index (χ0n) is 23.9. The summed E-state index contributed by atoms with van der Waals surface area (Å²) in [7, 11) is 1.93. The Labute approximate surface area is 253 Å². The molecule has 0 bridgehead atoms. The summed E-state index contributed by atoms with van der Waals surface area (Å²) in [5, 5.41) is 19.3. The number of benzene rings is 1. The third-order valence-corrected chi connectivity index (χ3v) is 10.2. The molecular weight excluding hydrogens is 567 g/mol. The maximum absolute atomic E-state index is 12.6. The van der Waals surface area contributed by atoms with Crippen LogP contribution in [-0.4, -0.2) is 49.7 Å². The number of aromatic carboxylic acids is 1. The van der Waals surface area contributed by atoms with Gasteiger partial charge in [-0.05, 0) is 60.4 Å². The van der Waals surface area contributed by atoms with Gasteiger partial charge < -0.3 is 10.4 Å². The van der Waals surface area contributed by atoms with Gasteiger partial charge in [0.05, 0.1) is 11.7 Å². The summed E-state index contributed by atoms with van der Waals surface area (Å²) in [5.74, 6) is 0.136. The van der Waals surface area contributed by atoms with Crippen molar-refractivity contribution in [1.29, 1.82) is 0 Å². The lowest BCUT2D eigenvalue weighted by Crippen LogP contribution is -2.33. The lowest BCUT2D eigenvalue weighted by atomic mass is 9.75. The molecule has 1 saturated carbocycles. The normalized spacial score (nSPS) is 19.7. The molecule has 2 N–H and O–H groups in total. The molecule has 6 rings (SSSR count). The van der Waals surface area contributed by atoms with E-state index in [9.17, 15) is 14.7 Å². The quantitative estimate of drug-likeness (QED) is 0.225. The van der Waals surface area contributed by atoms with Gasteiger partial charge in [0.15, 0.2) is 0 Å². The largest absolute Gasteiger partial charge is 0.477 e. The van der Waals surface area contributed by atoms with E-state index in [-0.39, 0.29) is 5.91 Å². The van der Waals surface area contributed by atoms with Crippen molar-refractivity contribution in [3.05, 3.63) is 80.9 Å². The van der Waals surface area contributed by atoms with Gasteiger partial charge >= 0.3 is 5.97 Å². The molecule has 8 nitrogen and oxygen atoms in total. The molecule has 0 saturated heterocycles. The van der Waals surface area contributed by atoms with E-state index in [2.05, 4.69) is 39.5 Å². The van der Waals surface area contributed by atoms with E-state index in [1.807, 2.05) is 42.2 Å². The Balaban J connectivity index is 1.31. The van der Waals surface area contributed by atoms with Crippen LogP contribution in [0.1, 0.15) is 70.3 Å². The number of aromatic nitrogens is 3. The molecule has 1 aromatic carbocycles. The third kappa shape index (κ3) is 6.25. The Kier molecular flexibility index (Phi) is 8.37. The van der Waals surface area contributed by atoms with Crippen molar-refractivity contribution in [2.45, 2.75) is 45.6 Å². The fourth-order valence-electron chi connectivity index (χ4n) is 6.25. The molecule has 10 heteroatoms. The number of carbonyl (C=O) groups excluding carboxylic acids is 1. The van der Waals surface area contributed by atoms with Gasteiger partial charge in [0.25, 0.3) is 5.91 Å². The van der Waals surface area contributed by atoms with Crippen LogP contribution in [0.15, 0.2) is 59.2 Å². The average molecular weight is 602 g/mol. The summed E-state index contributed by atoms with van der Waals surface area (Å²) < 4.78 is 1.83. The molecule has 0 atom stereocenters. The molecule has 42 heavy (non-hydrogen) atoms. The lowest BCUT2D eigenvalue weighted by molar-refractivity contribution is 0.0701. The number of aryl methyl sites for hydroxylation is 1. The van der Waals surface area contributed by atoms with E-state index in [4.69, 9.17) is 0 Å². The molecule has 1 aliphatic carbocycles. The Morgan fingerprint density at radius 2 is 1.93 bits per heavy atom. The zero-order valence-corrected chi connectivity index (χ0v) is 25.5. The minimum absolute atomic E-state index is 0.250. The number of rotatable bonds is 8. The summed E-state index contributed by atoms with van der Waals surface area (Å²) in [6.07, 6.45) is 9.74. The fourth-order valence-corrected chi connectivity index (χ4v) is 7.81. The smallest absolute Gasteiger partial charge is 0.346 e. The molecule has 2 aliphatic rings. The summed E-state index contributed by atoms with van der Waals surface area (Å²) in [5.41, 5.74) is 8.28. The highest BCUT2D eigenvalue weighted by Crippen LogP contribution is 2.44. The number of hydrogen-bond donors (Lipinski definition) is 2. The highest BCUT2D eigenvalue weighted by Gasteiger charge is 2.31. The second-order valence-corrected chi connectivity index (χ2v) is 13.3. The number of carboxylic acids is 1. The summed E-state index contributed by atoms with van der Waals surface area (Å²) >= 11 is 2.71. The minimum atomic E-state index is -0.887. The number of thiophene rings is 1. The number of carbonyl (C=O) groups is 2. The van der Waals surface area contributed by atoms with E-state index >= 15 is 0 Å². The van der Waals surface area contributed by atoms with Crippen LogP contribution in [0.4, 0.5) is 5.69 Å². The number of anilines is 1. The zero-order chi connectivity index (χ0) is 29.2. The van der Waals surface area contributed by atoms with Gasteiger partial charge in [0.1, 0.15) is 10.6 Å². The maximum Gasteiger partial charge on any atom is 0.346 e. The topological polar surface area (TPSA) is 100 Å². The lowest BCUT2D eigenvalue weighted by Gasteiger charge is -2.36. The van der Waals surface area contributed by atoms with Gasteiger partial charge in [-0.1, -0.05) is 37.5 Å². The predicted octanol–water partition coefficient (Wildman–Crippen LogP) is 7.04. The van der Waals surface area contributed by atoms with Gasteiger partial charge in [-0.25, -0.2) is 9.78 Å². The second kappa shape index (κ2) is 12.3. The van der Waals surface area contributed by atoms with E-state index in [0.29, 0.717) is 22.2 Å². The minimum Gasteiger partial charge on any atom is -0.477 e. The fraction of sp³-hybridized carbons (Fsp3) is 0.375. The van der Waals surface area contributed by atoms with Crippen LogP contribution in [0, 0.1) is 11.8 Å². The van der Waals surface area contributed by atoms with Crippen LogP contribution in [0.3, 0.4) is 0 Å². The highest BCUT2D eigenvalue weighted by atomic mass is 32.1. The second-order valence-electron chi connectivity index (χ2n) is 11.5. The number of amides is 1. The van der Waals surface area contributed by atoms with Gasteiger partial charge in [0, 0.05) is 60.0 Å². The monoisotopic (exact) mass is 601 g/mol. The number of thiazole rings is 1. The Morgan fingerprint density at radius 1 is 1.14 bits per heavy atom. The Hall–Kier alpha value is -3.60. The van der Waals surface area contributed by atoms with Gasteiger partial charge in [-0.2, -0.15) is 5.10 Å². The third-order valence-electron chi connectivity index (χ3n) is 8.48. The number of nitrogens with one attached hydrogen (secondary N) is 1. The molecule has 0 radical (unpaired) electrons. The van der Waals surface area contributed by atoms with Crippen molar-refractivity contribution in [3.63, 3.8) is 0 Å². The summed E-state index contributed by atoms with van der Waals surface area (Å²) in [4.78, 5) is 32.8. The molecule has 0 spiro atoms. The van der Waals surface area contributed by atoms with Gasteiger partial charge in [-0.3, -0.25) is 14.4 Å². The van der Waals surface area contributed by atoms with Crippen molar-refractivity contribution in [3.8, 4) is 10.4 Å². The first kappa shape index (κ1) is 28.5. The van der Waals surface area contributed by atoms with Crippen LogP contribution < -0.4 is 5.32 Å². The molecule has 3 aromatic heterocycles. The van der Waals surface area contributed by atoms with Crippen LogP contribution in [0.25, 0.3) is 16.0 Å². The first-order valence-corrected chi connectivity index (χ1v) is 16.2. The van der Waals surface area contributed by atoms with Crippen molar-refractivity contribution >= 4 is 45.8 Å². The number of carboxylic acid groups (broad SMARTS) is 1. The highest BCUT2D eigenvalue weighted by molar-refractivity contribution is 7.17. The van der Waals surface area contributed by atoms with Crippen LogP contribution in [-0.2, 0) is 13.6 Å². The average Bonchev–Trinajstić information content (AvgIpc) is 3.76. The molecule has 1 fully saturated rings. The van der Waals surface area contributed by atoms with Crippen molar-refractivity contribution < 1.29 is 14.7 Å². The van der Waals surface area contributed by atoms with Crippen LogP contribution >= 0.6 is 22.7 Å². The van der Waals surface area contributed by atoms with E-state index in [1.54, 1.807) is 10.9 Å². The Bertz CT molecular complexity index is 1590. The molecule has 218 valence electrons. The van der Waals surface area contributed by atoms with Crippen LogP contribution in [0.2, 0.25) is 0 Å². The van der Waals surface area contributed by atoms with E-state index in [0.717, 1.165) is 48.0 Å². The first-order valence-electron chi connectivity index (χ1n) is 14.4. The first-order chi connectivity index (χ1) is 20.3. The molecular formula is C32H35N5O3S2. The molecule has 4 aromatic rings. The SMILES string of the molecule is CC1CCC(C2=C(c3cc(-c4ccc(NC(=O)c5cscn5)cc4)sc3C(=O)O)CN(Cc3cnn(C)c3)CC2)CC1. The van der Waals surface area contributed by atoms with Crippen molar-refractivity contribution in [1.82, 2.24) is 19.7 Å². The van der Waals surface area contributed by atoms with Gasteiger partial charge in [-0.15, -0.1) is 22.7 Å². The Morgan fingerprint density at radius 3 is 2.60 bits per heavy atom. The molecule has 0 unspecified atom stereocenters. The molecule has 1 amide bonds. The molecule has 4 heterocycles. The number of hydrogen-bond acceptors (Lipinski definition) is 7. The van der Waals surface area contributed by atoms with Crippen LogP contribution in [0.5, 0.6) is 0 Å². The summed E-state index contributed by atoms with van der Waals surface area (Å²) in [6, 6.07) is 9.65. The van der Waals surface area contributed by atoms with Crippen molar-refractivity contribution in [2.24, 2.45) is 18.9 Å². The van der Waals surface area contributed by atoms with E-state index < -0.39 is 5.97 Å². The number of nitrogens with zero attached hydrogens (tertiary/aromatic N) is 4. The van der Waals surface area contributed by atoms with Crippen molar-refractivity contribution in [2.75, 3.05) is 18.4 Å². The maximum atomic E-state index is 12.6. The summed E-state index contributed by atoms with van der Waals surface area (Å²) in [6.45, 7) is 4.83. The predicted molar refractivity (Wildman–Crippen MR) is 168 cm³/mol. The van der Waals surface area contributed by atoms with Gasteiger partial charge in [0.2, 0.25) is 0 Å².